The van der Waals surface area contributed by atoms with Gasteiger partial charge in [-0.1, -0.05) is 31.2 Å². The van der Waals surface area contributed by atoms with Crippen LogP contribution in [0.4, 0.5) is 21.0 Å². The Morgan fingerprint density at radius 2 is 0.956 bits per heavy atom. The first-order valence-corrected chi connectivity index (χ1v) is 14.5. The van der Waals surface area contributed by atoms with Crippen LogP contribution in [0.3, 0.4) is 0 Å². The minimum atomic E-state index is -0.918. The van der Waals surface area contributed by atoms with E-state index in [1.165, 1.54) is 0 Å². The summed E-state index contributed by atoms with van der Waals surface area (Å²) in [5.41, 5.74) is 2.06. The minimum Gasteiger partial charge on any atom is -0.494 e. The molecule has 234 valence electrons. The molecule has 4 aromatic carbocycles. The number of benzene rings is 4. The number of hydrogen-bond acceptors (Lipinski definition) is 7. The van der Waals surface area contributed by atoms with Gasteiger partial charge < -0.3 is 24.1 Å². The van der Waals surface area contributed by atoms with E-state index in [9.17, 15) is 19.5 Å². The standard InChI is InChI=1S/C35H36N2O8/c1-4-42-28-18-10-26(11-19-28)36-33(40)44-30-14-6-24(7-15-30)35(3,23-22-32(38)39)25-8-16-31(17-9-25)45-34(41)37-27-12-20-29(21-13-27)43-5-2/h6-21H,4-5,22-23H2,1-3H3,(H,36,40)(H,37,41)(H,38,39). The van der Waals surface area contributed by atoms with E-state index in [0.717, 1.165) is 11.1 Å². The first-order chi connectivity index (χ1) is 21.7. The molecule has 10 nitrogen and oxygen atoms in total. The molecule has 10 heteroatoms. The number of carboxylic acid groups (broad SMARTS) is 1. The van der Waals surface area contributed by atoms with Crippen molar-refractivity contribution in [3.8, 4) is 23.0 Å². The Morgan fingerprint density at radius 3 is 1.29 bits per heavy atom. The van der Waals surface area contributed by atoms with Gasteiger partial charge in [0.25, 0.3) is 0 Å². The van der Waals surface area contributed by atoms with E-state index in [1.54, 1.807) is 97.1 Å². The van der Waals surface area contributed by atoms with Crippen LogP contribution >= 0.6 is 0 Å². The molecule has 0 fully saturated rings. The minimum absolute atomic E-state index is 0.0675. The molecule has 3 N–H and O–H groups in total. The summed E-state index contributed by atoms with van der Waals surface area (Å²) in [4.78, 5) is 36.4. The van der Waals surface area contributed by atoms with Gasteiger partial charge in [0, 0.05) is 23.2 Å². The van der Waals surface area contributed by atoms with Crippen molar-refractivity contribution in [2.24, 2.45) is 0 Å². The Balaban J connectivity index is 1.42. The second-order valence-electron chi connectivity index (χ2n) is 10.2. The molecule has 0 heterocycles. The van der Waals surface area contributed by atoms with Gasteiger partial charge in [0.2, 0.25) is 0 Å². The maximum Gasteiger partial charge on any atom is 0.417 e. The van der Waals surface area contributed by atoms with Crippen molar-refractivity contribution in [3.05, 3.63) is 108 Å². The van der Waals surface area contributed by atoms with Crippen LogP contribution in [0.25, 0.3) is 0 Å². The van der Waals surface area contributed by atoms with E-state index in [1.807, 2.05) is 20.8 Å². The quantitative estimate of drug-likeness (QED) is 0.139. The number of nitrogens with one attached hydrogen (secondary N) is 2. The van der Waals surface area contributed by atoms with E-state index < -0.39 is 23.6 Å². The molecular weight excluding hydrogens is 576 g/mol. The van der Waals surface area contributed by atoms with Crippen molar-refractivity contribution in [2.45, 2.75) is 39.0 Å². The zero-order valence-electron chi connectivity index (χ0n) is 25.4. The molecule has 45 heavy (non-hydrogen) atoms. The summed E-state index contributed by atoms with van der Waals surface area (Å²) >= 11 is 0. The molecule has 0 saturated carbocycles. The summed E-state index contributed by atoms with van der Waals surface area (Å²) in [6, 6.07) is 27.7. The number of carboxylic acids is 1. The lowest BCUT2D eigenvalue weighted by atomic mass is 9.73. The van der Waals surface area contributed by atoms with Gasteiger partial charge in [-0.15, -0.1) is 0 Å². The maximum absolute atomic E-state index is 12.4. The Morgan fingerprint density at radius 1 is 0.600 bits per heavy atom. The molecule has 0 saturated heterocycles. The van der Waals surface area contributed by atoms with Gasteiger partial charge in [-0.2, -0.15) is 0 Å². The first-order valence-electron chi connectivity index (χ1n) is 14.5. The molecule has 4 rings (SSSR count). The fourth-order valence-electron chi connectivity index (χ4n) is 4.70. The number of aliphatic carboxylic acids is 1. The van der Waals surface area contributed by atoms with Gasteiger partial charge in [-0.25, -0.2) is 9.59 Å². The third-order valence-electron chi connectivity index (χ3n) is 7.07. The van der Waals surface area contributed by atoms with Crippen LogP contribution in [0.2, 0.25) is 0 Å². The predicted octanol–water partition coefficient (Wildman–Crippen LogP) is 7.88. The molecule has 0 aliphatic rings. The fourth-order valence-corrected chi connectivity index (χ4v) is 4.70. The number of carbonyl (C=O) groups is 3. The van der Waals surface area contributed by atoms with Gasteiger partial charge >= 0.3 is 18.2 Å². The van der Waals surface area contributed by atoms with Gasteiger partial charge in [-0.3, -0.25) is 15.4 Å². The number of rotatable bonds is 13. The van der Waals surface area contributed by atoms with Crippen LogP contribution in [-0.2, 0) is 10.2 Å². The molecule has 0 bridgehead atoms. The molecule has 0 atom stereocenters. The highest BCUT2D eigenvalue weighted by atomic mass is 16.6. The average Bonchev–Trinajstić information content (AvgIpc) is 3.03. The average molecular weight is 613 g/mol. The largest absolute Gasteiger partial charge is 0.494 e. The van der Waals surface area contributed by atoms with Crippen molar-refractivity contribution in [3.63, 3.8) is 0 Å². The summed E-state index contributed by atoms with van der Waals surface area (Å²) in [5.74, 6) is 1.13. The Kier molecular flexibility index (Phi) is 11.0. The molecule has 0 spiro atoms. The van der Waals surface area contributed by atoms with Crippen molar-refractivity contribution in [1.29, 1.82) is 0 Å². The van der Waals surface area contributed by atoms with E-state index in [-0.39, 0.29) is 6.42 Å². The third kappa shape index (κ3) is 9.24. The molecule has 0 aliphatic carbocycles. The SMILES string of the molecule is CCOc1ccc(NC(=O)Oc2ccc(C(C)(CCC(=O)O)c3ccc(OC(=O)Nc4ccc(OCC)cc4)cc3)cc2)cc1. The summed E-state index contributed by atoms with van der Waals surface area (Å²) in [7, 11) is 0. The van der Waals surface area contributed by atoms with Gasteiger partial charge in [0.15, 0.2) is 0 Å². The highest BCUT2D eigenvalue weighted by Crippen LogP contribution is 2.38. The van der Waals surface area contributed by atoms with Crippen molar-refractivity contribution in [2.75, 3.05) is 23.8 Å². The van der Waals surface area contributed by atoms with Crippen LogP contribution in [-0.4, -0.2) is 36.5 Å². The van der Waals surface area contributed by atoms with E-state index in [2.05, 4.69) is 10.6 Å². The van der Waals surface area contributed by atoms with Crippen LogP contribution in [0.15, 0.2) is 97.1 Å². The lowest BCUT2D eigenvalue weighted by molar-refractivity contribution is -0.137. The monoisotopic (exact) mass is 612 g/mol. The zero-order chi connectivity index (χ0) is 32.2. The molecular formula is C35H36N2O8. The Hall–Kier alpha value is -5.51. The highest BCUT2D eigenvalue weighted by Gasteiger charge is 2.30. The highest BCUT2D eigenvalue weighted by molar-refractivity contribution is 5.87. The number of anilines is 2. The molecule has 2 amide bonds. The van der Waals surface area contributed by atoms with Crippen LogP contribution < -0.4 is 29.6 Å². The molecule has 0 aromatic heterocycles. The van der Waals surface area contributed by atoms with Crippen LogP contribution in [0.1, 0.15) is 44.7 Å². The predicted molar refractivity (Wildman–Crippen MR) is 171 cm³/mol. The van der Waals surface area contributed by atoms with E-state index >= 15 is 0 Å². The van der Waals surface area contributed by atoms with Crippen molar-refractivity contribution >= 4 is 29.5 Å². The smallest absolute Gasteiger partial charge is 0.417 e. The summed E-state index contributed by atoms with van der Waals surface area (Å²) < 4.78 is 21.7. The lowest BCUT2D eigenvalue weighted by Gasteiger charge is -2.31. The van der Waals surface area contributed by atoms with E-state index in [4.69, 9.17) is 18.9 Å². The van der Waals surface area contributed by atoms with Crippen molar-refractivity contribution in [1.82, 2.24) is 0 Å². The second-order valence-corrected chi connectivity index (χ2v) is 10.2. The maximum atomic E-state index is 12.4. The number of ether oxygens (including phenoxy) is 4. The normalized spacial score (nSPS) is 10.8. The summed E-state index contributed by atoms with van der Waals surface area (Å²) in [6.07, 6.45) is -1.06. The van der Waals surface area contributed by atoms with Crippen LogP contribution in [0.5, 0.6) is 23.0 Å². The molecule has 0 unspecified atom stereocenters. The Bertz CT molecular complexity index is 1460. The molecule has 4 aromatic rings. The molecule has 0 radical (unpaired) electrons. The number of hydrogen-bond donors (Lipinski definition) is 3. The summed E-state index contributed by atoms with van der Waals surface area (Å²) in [6.45, 7) is 6.82. The molecule has 0 aliphatic heterocycles. The Labute approximate surface area is 261 Å². The second kappa shape index (κ2) is 15.3. The lowest BCUT2D eigenvalue weighted by Crippen LogP contribution is -2.25. The number of carbonyl (C=O) groups excluding carboxylic acids is 2. The fraction of sp³-hybridized carbons (Fsp3) is 0.229. The van der Waals surface area contributed by atoms with Gasteiger partial charge in [0.05, 0.1) is 13.2 Å². The third-order valence-corrected chi connectivity index (χ3v) is 7.07. The van der Waals surface area contributed by atoms with E-state index in [0.29, 0.717) is 54.0 Å². The van der Waals surface area contributed by atoms with Crippen LogP contribution in [0, 0.1) is 0 Å². The van der Waals surface area contributed by atoms with Gasteiger partial charge in [0.1, 0.15) is 23.0 Å². The number of amides is 2. The topological polar surface area (TPSA) is 132 Å². The summed E-state index contributed by atoms with van der Waals surface area (Å²) in [5, 5.41) is 14.8. The first kappa shape index (κ1) is 32.4. The van der Waals surface area contributed by atoms with Crippen molar-refractivity contribution < 1.29 is 38.4 Å². The zero-order valence-corrected chi connectivity index (χ0v) is 25.4. The van der Waals surface area contributed by atoms with Gasteiger partial charge in [-0.05, 0) is 104 Å².